The second-order valence-electron chi connectivity index (χ2n) is 4.39. The highest BCUT2D eigenvalue weighted by Crippen LogP contribution is 2.13. The third kappa shape index (κ3) is 2.35. The van der Waals surface area contributed by atoms with Crippen LogP contribution in [0.15, 0.2) is 6.33 Å². The van der Waals surface area contributed by atoms with Gasteiger partial charge in [0, 0.05) is 19.1 Å². The zero-order valence-corrected chi connectivity index (χ0v) is 9.30. The molecule has 5 nitrogen and oxygen atoms in total. The maximum atomic E-state index is 9.42. The van der Waals surface area contributed by atoms with Gasteiger partial charge in [0.2, 0.25) is 0 Å². The van der Waals surface area contributed by atoms with Crippen molar-refractivity contribution in [2.75, 3.05) is 13.1 Å². The van der Waals surface area contributed by atoms with Crippen LogP contribution in [0, 0.1) is 0 Å². The van der Waals surface area contributed by atoms with Gasteiger partial charge < -0.3 is 5.11 Å². The number of hydrogen-bond acceptors (Lipinski definition) is 4. The average molecular weight is 210 g/mol. The van der Waals surface area contributed by atoms with Crippen molar-refractivity contribution < 1.29 is 5.11 Å². The van der Waals surface area contributed by atoms with Gasteiger partial charge in [0.05, 0.1) is 12.6 Å². The third-order valence-electron chi connectivity index (χ3n) is 2.75. The van der Waals surface area contributed by atoms with Crippen molar-refractivity contribution in [2.45, 2.75) is 39.0 Å². The lowest BCUT2D eigenvalue weighted by Gasteiger charge is -2.16. The summed E-state index contributed by atoms with van der Waals surface area (Å²) in [5.41, 5.74) is 0. The van der Waals surface area contributed by atoms with E-state index in [2.05, 4.69) is 28.8 Å². The van der Waals surface area contributed by atoms with Crippen molar-refractivity contribution in [1.82, 2.24) is 19.7 Å². The minimum atomic E-state index is -0.166. The number of rotatable bonds is 3. The molecule has 0 radical (unpaired) electrons. The number of β-amino-alcohol motifs (C(OH)–C–C–N with tert-alkyl or cyclic N) is 1. The summed E-state index contributed by atoms with van der Waals surface area (Å²) >= 11 is 0. The highest BCUT2D eigenvalue weighted by atomic mass is 16.3. The molecule has 0 spiro atoms. The molecule has 1 N–H and O–H groups in total. The molecule has 1 aliphatic rings. The summed E-state index contributed by atoms with van der Waals surface area (Å²) in [7, 11) is 0. The summed E-state index contributed by atoms with van der Waals surface area (Å²) in [5, 5.41) is 13.6. The van der Waals surface area contributed by atoms with Gasteiger partial charge in [-0.1, -0.05) is 0 Å². The first-order chi connectivity index (χ1) is 7.16. The Morgan fingerprint density at radius 2 is 2.40 bits per heavy atom. The molecule has 15 heavy (non-hydrogen) atoms. The smallest absolute Gasteiger partial charge is 0.141 e. The van der Waals surface area contributed by atoms with Crippen molar-refractivity contribution in [2.24, 2.45) is 0 Å². The molecule has 1 saturated heterocycles. The highest BCUT2D eigenvalue weighted by Gasteiger charge is 2.21. The lowest BCUT2D eigenvalue weighted by molar-refractivity contribution is 0.173. The molecular formula is C10H18N4O. The molecule has 1 aromatic rings. The van der Waals surface area contributed by atoms with Gasteiger partial charge in [-0.3, -0.25) is 4.90 Å². The Bertz CT molecular complexity index is 323. The molecule has 84 valence electrons. The van der Waals surface area contributed by atoms with E-state index in [9.17, 15) is 5.11 Å². The molecular weight excluding hydrogens is 192 g/mol. The molecule has 1 fully saturated rings. The molecule has 0 aliphatic carbocycles. The normalized spacial score (nSPS) is 22.8. The fourth-order valence-electron chi connectivity index (χ4n) is 1.97. The fourth-order valence-corrected chi connectivity index (χ4v) is 1.97. The second kappa shape index (κ2) is 4.28. The van der Waals surface area contributed by atoms with Crippen LogP contribution in [0.5, 0.6) is 0 Å². The Morgan fingerprint density at radius 1 is 1.60 bits per heavy atom. The summed E-state index contributed by atoms with van der Waals surface area (Å²) in [6.45, 7) is 6.68. The fraction of sp³-hybridized carbons (Fsp3) is 0.800. The molecule has 2 heterocycles. The van der Waals surface area contributed by atoms with E-state index in [4.69, 9.17) is 0 Å². The lowest BCUT2D eigenvalue weighted by atomic mass is 10.3. The van der Waals surface area contributed by atoms with E-state index in [-0.39, 0.29) is 6.10 Å². The molecule has 0 amide bonds. The van der Waals surface area contributed by atoms with Crippen LogP contribution in [0.1, 0.15) is 32.1 Å². The molecule has 1 unspecified atom stereocenters. The zero-order valence-electron chi connectivity index (χ0n) is 9.30. The Morgan fingerprint density at radius 3 is 3.00 bits per heavy atom. The lowest BCUT2D eigenvalue weighted by Crippen LogP contribution is -2.24. The number of likely N-dealkylation sites (tertiary alicyclic amines) is 1. The zero-order chi connectivity index (χ0) is 10.8. The molecule has 1 atom stereocenters. The molecule has 2 rings (SSSR count). The largest absolute Gasteiger partial charge is 0.392 e. The Kier molecular flexibility index (Phi) is 3.02. The van der Waals surface area contributed by atoms with Crippen molar-refractivity contribution in [3.63, 3.8) is 0 Å². The Labute approximate surface area is 89.7 Å². The van der Waals surface area contributed by atoms with Crippen molar-refractivity contribution in [1.29, 1.82) is 0 Å². The molecule has 1 aromatic heterocycles. The van der Waals surface area contributed by atoms with Gasteiger partial charge in [-0.2, -0.15) is 5.10 Å². The predicted octanol–water partition coefficient (Wildman–Crippen LogP) is 0.426. The Hall–Kier alpha value is -0.940. The summed E-state index contributed by atoms with van der Waals surface area (Å²) in [4.78, 5) is 6.47. The maximum absolute atomic E-state index is 9.42. The molecule has 5 heteroatoms. The van der Waals surface area contributed by atoms with Crippen LogP contribution < -0.4 is 0 Å². The predicted molar refractivity (Wildman–Crippen MR) is 56.3 cm³/mol. The van der Waals surface area contributed by atoms with E-state index in [1.165, 1.54) is 0 Å². The van der Waals surface area contributed by atoms with E-state index in [1.54, 1.807) is 6.33 Å². The van der Waals surface area contributed by atoms with Crippen LogP contribution in [0.25, 0.3) is 0 Å². The van der Waals surface area contributed by atoms with Gasteiger partial charge in [-0.05, 0) is 20.3 Å². The van der Waals surface area contributed by atoms with E-state index >= 15 is 0 Å². The van der Waals surface area contributed by atoms with Crippen molar-refractivity contribution in [3.05, 3.63) is 12.2 Å². The van der Waals surface area contributed by atoms with Gasteiger partial charge in [0.25, 0.3) is 0 Å². The van der Waals surface area contributed by atoms with Gasteiger partial charge in [-0.25, -0.2) is 9.67 Å². The first-order valence-corrected chi connectivity index (χ1v) is 5.45. The molecule has 0 saturated carbocycles. The maximum Gasteiger partial charge on any atom is 0.141 e. The van der Waals surface area contributed by atoms with Gasteiger partial charge >= 0.3 is 0 Å². The third-order valence-corrected chi connectivity index (χ3v) is 2.75. The van der Waals surface area contributed by atoms with Crippen molar-refractivity contribution in [3.8, 4) is 0 Å². The summed E-state index contributed by atoms with van der Waals surface area (Å²) in [6, 6.07) is 0.343. The van der Waals surface area contributed by atoms with Gasteiger partial charge in [0.1, 0.15) is 12.2 Å². The molecule has 0 aromatic carbocycles. The van der Waals surface area contributed by atoms with E-state index in [0.717, 1.165) is 31.9 Å². The molecule has 1 aliphatic heterocycles. The Balaban J connectivity index is 2.01. The van der Waals surface area contributed by atoms with E-state index < -0.39 is 0 Å². The van der Waals surface area contributed by atoms with E-state index in [0.29, 0.717) is 6.04 Å². The van der Waals surface area contributed by atoms with Gasteiger partial charge in [0.15, 0.2) is 0 Å². The minimum Gasteiger partial charge on any atom is -0.392 e. The monoisotopic (exact) mass is 210 g/mol. The van der Waals surface area contributed by atoms with Crippen LogP contribution in [-0.4, -0.2) is 44.0 Å². The van der Waals surface area contributed by atoms with Gasteiger partial charge in [-0.15, -0.1) is 0 Å². The first kappa shape index (κ1) is 10.6. The second-order valence-corrected chi connectivity index (χ2v) is 4.39. The number of hydrogen-bond donors (Lipinski definition) is 1. The standard InChI is InChI=1S/C10H18N4O/c1-8(2)14-10(11-7-12-14)6-13-4-3-9(15)5-13/h7-9,15H,3-6H2,1-2H3. The minimum absolute atomic E-state index is 0.166. The van der Waals surface area contributed by atoms with Crippen molar-refractivity contribution >= 4 is 0 Å². The van der Waals surface area contributed by atoms with Crippen LogP contribution in [0.4, 0.5) is 0 Å². The topological polar surface area (TPSA) is 54.2 Å². The molecule has 0 bridgehead atoms. The van der Waals surface area contributed by atoms with E-state index in [1.807, 2.05) is 4.68 Å². The highest BCUT2D eigenvalue weighted by molar-refractivity contribution is 4.88. The van der Waals surface area contributed by atoms with Crippen LogP contribution in [0.3, 0.4) is 0 Å². The average Bonchev–Trinajstić information content (AvgIpc) is 2.75. The van der Waals surface area contributed by atoms with Crippen LogP contribution in [-0.2, 0) is 6.54 Å². The number of aliphatic hydroxyl groups excluding tert-OH is 1. The number of nitrogens with zero attached hydrogens (tertiary/aromatic N) is 4. The number of aliphatic hydroxyl groups is 1. The first-order valence-electron chi connectivity index (χ1n) is 5.45. The summed E-state index contributed by atoms with van der Waals surface area (Å²) in [5.74, 6) is 0.985. The quantitative estimate of drug-likeness (QED) is 0.786. The van der Waals surface area contributed by atoms with Crippen LogP contribution >= 0.6 is 0 Å². The summed E-state index contributed by atoms with van der Waals surface area (Å²) in [6.07, 6.45) is 2.30. The SMILES string of the molecule is CC(C)n1ncnc1CN1CCC(O)C1. The van der Waals surface area contributed by atoms with Crippen LogP contribution in [0.2, 0.25) is 0 Å². The summed E-state index contributed by atoms with van der Waals surface area (Å²) < 4.78 is 1.94. The number of aromatic nitrogens is 3.